The Labute approximate surface area is 77.8 Å². The molecule has 0 aromatic carbocycles. The standard InChI is InChI=1S/C8H22SSi2/c1-10(2,3)8-7-9-11(4,5)6/h7-8H2,1-6H3. The van der Waals surface area contributed by atoms with E-state index in [9.17, 15) is 0 Å². The van der Waals surface area contributed by atoms with Crippen molar-refractivity contribution in [2.75, 3.05) is 5.75 Å². The lowest BCUT2D eigenvalue weighted by Crippen LogP contribution is -2.22. The Morgan fingerprint density at radius 2 is 1.36 bits per heavy atom. The van der Waals surface area contributed by atoms with Gasteiger partial charge in [0.15, 0.2) is 0 Å². The average Bonchev–Trinajstić information content (AvgIpc) is 1.55. The fourth-order valence-corrected chi connectivity index (χ4v) is 6.89. The molecular weight excluding hydrogens is 184 g/mol. The lowest BCUT2D eigenvalue weighted by atomic mass is 11.0. The minimum absolute atomic E-state index is 0.756. The minimum Gasteiger partial charge on any atom is -0.186 e. The summed E-state index contributed by atoms with van der Waals surface area (Å²) in [5.41, 5.74) is 0. The predicted octanol–water partition coefficient (Wildman–Crippen LogP) is 3.89. The maximum absolute atomic E-state index is 2.46. The van der Waals surface area contributed by atoms with E-state index in [1.165, 1.54) is 11.8 Å². The largest absolute Gasteiger partial charge is 0.186 e. The molecule has 0 saturated heterocycles. The Morgan fingerprint density at radius 3 is 1.64 bits per heavy atom. The summed E-state index contributed by atoms with van der Waals surface area (Å²) in [5, 5.41) is 0. The van der Waals surface area contributed by atoms with Gasteiger partial charge in [-0.25, -0.2) is 0 Å². The fourth-order valence-electron chi connectivity index (χ4n) is 0.663. The molecule has 0 aliphatic rings. The monoisotopic (exact) mass is 206 g/mol. The lowest BCUT2D eigenvalue weighted by molar-refractivity contribution is 1.38. The molecule has 0 aromatic heterocycles. The third kappa shape index (κ3) is 10.8. The Bertz CT molecular complexity index is 96.2. The first-order chi connectivity index (χ1) is 4.71. The van der Waals surface area contributed by atoms with E-state index in [0.29, 0.717) is 0 Å². The molecule has 0 spiro atoms. The molecule has 3 heteroatoms. The summed E-state index contributed by atoms with van der Waals surface area (Å²) < 4.78 is 0. The van der Waals surface area contributed by atoms with E-state index in [4.69, 9.17) is 0 Å². The average molecular weight is 207 g/mol. The van der Waals surface area contributed by atoms with E-state index in [-0.39, 0.29) is 0 Å². The summed E-state index contributed by atoms with van der Waals surface area (Å²) in [6.45, 7) is 14.7. The second-order valence-electron chi connectivity index (χ2n) is 5.27. The van der Waals surface area contributed by atoms with E-state index in [2.05, 4.69) is 50.5 Å². The minimum atomic E-state index is -0.818. The van der Waals surface area contributed by atoms with Gasteiger partial charge in [-0.2, -0.15) is 11.2 Å². The van der Waals surface area contributed by atoms with Crippen LogP contribution in [0.25, 0.3) is 0 Å². The van der Waals surface area contributed by atoms with Crippen LogP contribution in [0.4, 0.5) is 0 Å². The Balaban J connectivity index is 3.44. The van der Waals surface area contributed by atoms with E-state index in [0.717, 1.165) is 0 Å². The fraction of sp³-hybridized carbons (Fsp3) is 1.00. The van der Waals surface area contributed by atoms with Crippen molar-refractivity contribution in [2.24, 2.45) is 0 Å². The SMILES string of the molecule is C[Si](C)(C)CCS[Si](C)(C)C. The molecule has 68 valence electrons. The zero-order valence-electron chi connectivity index (χ0n) is 8.82. The zero-order chi connectivity index (χ0) is 9.12. The van der Waals surface area contributed by atoms with Crippen LogP contribution in [0.3, 0.4) is 0 Å². The van der Waals surface area contributed by atoms with Crippen LogP contribution in [0.2, 0.25) is 45.3 Å². The van der Waals surface area contributed by atoms with Crippen LogP contribution >= 0.6 is 11.2 Å². The molecule has 0 unspecified atom stereocenters. The van der Waals surface area contributed by atoms with E-state index >= 15 is 0 Å². The highest BCUT2D eigenvalue weighted by molar-refractivity contribution is 8.28. The molecule has 0 heterocycles. The third-order valence-corrected chi connectivity index (χ3v) is 7.98. The van der Waals surface area contributed by atoms with Crippen molar-refractivity contribution in [3.05, 3.63) is 0 Å². The van der Waals surface area contributed by atoms with Gasteiger partial charge in [0.2, 0.25) is 0 Å². The van der Waals surface area contributed by atoms with E-state index < -0.39 is 15.3 Å². The zero-order valence-corrected chi connectivity index (χ0v) is 11.6. The molecule has 0 bridgehead atoms. The number of hydrogen-bond donors (Lipinski definition) is 0. The first-order valence-electron chi connectivity index (χ1n) is 4.35. The van der Waals surface area contributed by atoms with Gasteiger partial charge in [0.05, 0.1) is 0 Å². The molecule has 0 atom stereocenters. The topological polar surface area (TPSA) is 0 Å². The molecule has 0 aromatic rings. The first kappa shape index (κ1) is 11.8. The van der Waals surface area contributed by atoms with Crippen LogP contribution in [-0.4, -0.2) is 21.1 Å². The van der Waals surface area contributed by atoms with Crippen molar-refractivity contribution in [2.45, 2.75) is 45.3 Å². The molecule has 11 heavy (non-hydrogen) atoms. The van der Waals surface area contributed by atoms with Crippen LogP contribution in [0, 0.1) is 0 Å². The summed E-state index contributed by atoms with van der Waals surface area (Å²) in [6, 6.07) is 1.49. The summed E-state index contributed by atoms with van der Waals surface area (Å²) in [4.78, 5) is 0. The Morgan fingerprint density at radius 1 is 0.909 bits per heavy atom. The van der Waals surface area contributed by atoms with Gasteiger partial charge in [-0.1, -0.05) is 39.3 Å². The summed E-state index contributed by atoms with van der Waals surface area (Å²) >= 11 is 2.23. The van der Waals surface area contributed by atoms with Gasteiger partial charge >= 0.3 is 0 Å². The highest BCUT2D eigenvalue weighted by Gasteiger charge is 2.17. The highest BCUT2D eigenvalue weighted by atomic mass is 32.4. The van der Waals surface area contributed by atoms with Gasteiger partial charge < -0.3 is 0 Å². The number of rotatable bonds is 4. The normalized spacial score (nSPS) is 13.6. The van der Waals surface area contributed by atoms with Gasteiger partial charge in [-0.15, -0.1) is 0 Å². The maximum atomic E-state index is 2.46. The quantitative estimate of drug-likeness (QED) is 0.629. The third-order valence-electron chi connectivity index (χ3n) is 1.39. The molecule has 0 aliphatic carbocycles. The molecule has 0 fully saturated rings. The predicted molar refractivity (Wildman–Crippen MR) is 64.0 cm³/mol. The molecular formula is C8H22SSi2. The highest BCUT2D eigenvalue weighted by Crippen LogP contribution is 2.22. The summed E-state index contributed by atoms with van der Waals surface area (Å²) in [5.74, 6) is 1.41. The van der Waals surface area contributed by atoms with E-state index in [1.807, 2.05) is 0 Å². The molecule has 0 radical (unpaired) electrons. The van der Waals surface area contributed by atoms with Crippen LogP contribution < -0.4 is 0 Å². The van der Waals surface area contributed by atoms with Gasteiger partial charge in [0.1, 0.15) is 7.22 Å². The Hall–Kier alpha value is 0.784. The van der Waals surface area contributed by atoms with Crippen LogP contribution in [0.5, 0.6) is 0 Å². The molecule has 0 nitrogen and oxygen atoms in total. The van der Waals surface area contributed by atoms with Crippen molar-refractivity contribution in [1.82, 2.24) is 0 Å². The van der Waals surface area contributed by atoms with Gasteiger partial charge in [-0.3, -0.25) is 0 Å². The van der Waals surface area contributed by atoms with Crippen molar-refractivity contribution >= 4 is 26.5 Å². The molecule has 0 amide bonds. The van der Waals surface area contributed by atoms with Crippen molar-refractivity contribution in [1.29, 1.82) is 0 Å². The molecule has 0 aliphatic heterocycles. The van der Waals surface area contributed by atoms with E-state index in [1.54, 1.807) is 0 Å². The maximum Gasteiger partial charge on any atom is 0.108 e. The smallest absolute Gasteiger partial charge is 0.108 e. The second kappa shape index (κ2) is 4.14. The Kier molecular flexibility index (Phi) is 4.44. The number of hydrogen-bond acceptors (Lipinski definition) is 1. The van der Waals surface area contributed by atoms with Crippen LogP contribution in [-0.2, 0) is 0 Å². The van der Waals surface area contributed by atoms with Gasteiger partial charge in [0, 0.05) is 8.07 Å². The summed E-state index contributed by atoms with van der Waals surface area (Å²) in [6.07, 6.45) is 0. The summed E-state index contributed by atoms with van der Waals surface area (Å²) in [7, 11) is -1.57. The second-order valence-corrected chi connectivity index (χ2v) is 20.4. The van der Waals surface area contributed by atoms with Crippen molar-refractivity contribution in [3.63, 3.8) is 0 Å². The molecule has 0 saturated carbocycles. The lowest BCUT2D eigenvalue weighted by Gasteiger charge is -2.19. The van der Waals surface area contributed by atoms with Crippen LogP contribution in [0.15, 0.2) is 0 Å². The van der Waals surface area contributed by atoms with Crippen molar-refractivity contribution < 1.29 is 0 Å². The van der Waals surface area contributed by atoms with Crippen LogP contribution in [0.1, 0.15) is 0 Å². The molecule has 0 rings (SSSR count). The van der Waals surface area contributed by atoms with Crippen molar-refractivity contribution in [3.8, 4) is 0 Å². The molecule has 0 N–H and O–H groups in total. The van der Waals surface area contributed by atoms with Gasteiger partial charge in [0.25, 0.3) is 0 Å². The van der Waals surface area contributed by atoms with Gasteiger partial charge in [-0.05, 0) is 11.8 Å². The first-order valence-corrected chi connectivity index (χ1v) is 13.3.